The molecule has 0 amide bonds. The predicted molar refractivity (Wildman–Crippen MR) is 35.6 cm³/mol. The van der Waals surface area contributed by atoms with Gasteiger partial charge in [0.1, 0.15) is 0 Å². The minimum atomic E-state index is 1.07. The summed E-state index contributed by atoms with van der Waals surface area (Å²) in [6, 6.07) is 0. The van der Waals surface area contributed by atoms with Crippen LogP contribution >= 0.6 is 22.6 Å². The average molecular weight is 195 g/mol. The van der Waals surface area contributed by atoms with Gasteiger partial charge in [0.25, 0.3) is 0 Å². The molecule has 2 heteroatoms. The van der Waals surface area contributed by atoms with Crippen LogP contribution in [0.15, 0.2) is 4.99 Å². The monoisotopic (exact) mass is 195 g/mol. The molecule has 34 valence electrons. The van der Waals surface area contributed by atoms with Crippen molar-refractivity contribution in [3.05, 3.63) is 0 Å². The molecule has 1 rings (SSSR count). The minimum absolute atomic E-state index is 1.07. The van der Waals surface area contributed by atoms with Crippen molar-refractivity contribution >= 4 is 26.3 Å². The summed E-state index contributed by atoms with van der Waals surface area (Å²) >= 11 is 2.28. The van der Waals surface area contributed by atoms with E-state index in [1.165, 1.54) is 16.6 Å². The Morgan fingerprint density at radius 2 is 2.50 bits per heavy atom. The molecule has 0 atom stereocenters. The molecule has 0 fully saturated rings. The van der Waals surface area contributed by atoms with E-state index in [-0.39, 0.29) is 0 Å². The molecule has 0 bridgehead atoms. The van der Waals surface area contributed by atoms with E-state index in [0.717, 1.165) is 6.54 Å². The SMILES string of the molecule is IC1=NCCC1. The Labute approximate surface area is 51.0 Å². The fraction of sp³-hybridized carbons (Fsp3) is 0.750. The fourth-order valence-corrected chi connectivity index (χ4v) is 1.13. The second-order valence-electron chi connectivity index (χ2n) is 1.36. The molecular formula is C4H6IN. The first-order valence-corrected chi connectivity index (χ1v) is 3.16. The van der Waals surface area contributed by atoms with Gasteiger partial charge in [-0.15, -0.1) is 0 Å². The summed E-state index contributed by atoms with van der Waals surface area (Å²) in [5, 5.41) is 0. The summed E-state index contributed by atoms with van der Waals surface area (Å²) in [5.41, 5.74) is 0. The van der Waals surface area contributed by atoms with Crippen LogP contribution in [-0.2, 0) is 0 Å². The molecule has 0 aromatic heterocycles. The van der Waals surface area contributed by atoms with E-state index in [1.54, 1.807) is 0 Å². The van der Waals surface area contributed by atoms with Crippen molar-refractivity contribution in [3.63, 3.8) is 0 Å². The van der Waals surface area contributed by atoms with Crippen LogP contribution in [0.1, 0.15) is 12.8 Å². The van der Waals surface area contributed by atoms with Crippen LogP contribution < -0.4 is 0 Å². The van der Waals surface area contributed by atoms with Gasteiger partial charge in [0, 0.05) is 6.54 Å². The quantitative estimate of drug-likeness (QED) is 0.520. The highest BCUT2D eigenvalue weighted by Crippen LogP contribution is 2.07. The van der Waals surface area contributed by atoms with Crippen molar-refractivity contribution in [1.29, 1.82) is 0 Å². The van der Waals surface area contributed by atoms with Gasteiger partial charge in [-0.3, -0.25) is 4.99 Å². The van der Waals surface area contributed by atoms with Crippen LogP contribution in [0.2, 0.25) is 0 Å². The zero-order valence-corrected chi connectivity index (χ0v) is 5.60. The normalized spacial score (nSPS) is 21.2. The molecule has 0 radical (unpaired) electrons. The van der Waals surface area contributed by atoms with E-state index < -0.39 is 0 Å². The van der Waals surface area contributed by atoms with Gasteiger partial charge in [0.15, 0.2) is 0 Å². The standard InChI is InChI=1S/C4H6IN/c5-4-2-1-3-6-4/h1-3H2. The van der Waals surface area contributed by atoms with Crippen molar-refractivity contribution in [3.8, 4) is 0 Å². The summed E-state index contributed by atoms with van der Waals surface area (Å²) in [6.07, 6.45) is 2.50. The van der Waals surface area contributed by atoms with Crippen molar-refractivity contribution in [2.75, 3.05) is 6.54 Å². The van der Waals surface area contributed by atoms with Crippen molar-refractivity contribution in [2.24, 2.45) is 4.99 Å². The highest BCUT2D eigenvalue weighted by Gasteiger charge is 1.98. The van der Waals surface area contributed by atoms with E-state index in [0.29, 0.717) is 0 Å². The van der Waals surface area contributed by atoms with Gasteiger partial charge < -0.3 is 0 Å². The summed E-state index contributed by atoms with van der Waals surface area (Å²) in [6.45, 7) is 1.07. The lowest BCUT2D eigenvalue weighted by Gasteiger charge is -1.73. The van der Waals surface area contributed by atoms with Gasteiger partial charge in [-0.2, -0.15) is 0 Å². The van der Waals surface area contributed by atoms with Crippen LogP contribution in [0.4, 0.5) is 0 Å². The third kappa shape index (κ3) is 0.929. The Hall–Kier alpha value is 0.400. The average Bonchev–Trinajstić information content (AvgIpc) is 1.86. The number of hydrogen-bond acceptors (Lipinski definition) is 1. The van der Waals surface area contributed by atoms with Crippen LogP contribution in [-0.4, -0.2) is 10.3 Å². The number of nitrogens with zero attached hydrogens (tertiary/aromatic N) is 1. The van der Waals surface area contributed by atoms with Gasteiger partial charge in [-0.05, 0) is 35.4 Å². The van der Waals surface area contributed by atoms with Gasteiger partial charge in [0.2, 0.25) is 0 Å². The number of hydrogen-bond donors (Lipinski definition) is 0. The van der Waals surface area contributed by atoms with E-state index in [4.69, 9.17) is 0 Å². The molecule has 1 aliphatic heterocycles. The Morgan fingerprint density at radius 1 is 1.67 bits per heavy atom. The smallest absolute Gasteiger partial charge is 0.0729 e. The van der Waals surface area contributed by atoms with E-state index in [1.807, 2.05) is 0 Å². The highest BCUT2D eigenvalue weighted by atomic mass is 127. The maximum absolute atomic E-state index is 4.14. The van der Waals surface area contributed by atoms with Gasteiger partial charge in [-0.25, -0.2) is 0 Å². The van der Waals surface area contributed by atoms with Crippen molar-refractivity contribution in [1.82, 2.24) is 0 Å². The van der Waals surface area contributed by atoms with Crippen LogP contribution in [0.25, 0.3) is 0 Å². The molecule has 0 saturated heterocycles. The van der Waals surface area contributed by atoms with Gasteiger partial charge in [-0.1, -0.05) is 0 Å². The van der Waals surface area contributed by atoms with Gasteiger partial charge >= 0.3 is 0 Å². The fourth-order valence-electron chi connectivity index (χ4n) is 0.504. The Balaban J connectivity index is 2.45. The topological polar surface area (TPSA) is 12.4 Å². The third-order valence-electron chi connectivity index (χ3n) is 0.825. The van der Waals surface area contributed by atoms with Crippen LogP contribution in [0.3, 0.4) is 0 Å². The molecule has 1 heterocycles. The van der Waals surface area contributed by atoms with E-state index >= 15 is 0 Å². The predicted octanol–water partition coefficient (Wildman–Crippen LogP) is 1.61. The highest BCUT2D eigenvalue weighted by molar-refractivity contribution is 14.1. The first-order chi connectivity index (χ1) is 2.89. The van der Waals surface area contributed by atoms with Gasteiger partial charge in [0.05, 0.1) is 3.72 Å². The second kappa shape index (κ2) is 1.91. The molecule has 1 nitrogen and oxygen atoms in total. The van der Waals surface area contributed by atoms with Crippen LogP contribution in [0, 0.1) is 0 Å². The lowest BCUT2D eigenvalue weighted by atomic mass is 10.4. The van der Waals surface area contributed by atoms with Crippen molar-refractivity contribution in [2.45, 2.75) is 12.8 Å². The molecule has 0 aliphatic carbocycles. The van der Waals surface area contributed by atoms with E-state index in [9.17, 15) is 0 Å². The molecule has 6 heavy (non-hydrogen) atoms. The molecule has 0 aromatic rings. The molecule has 1 aliphatic rings. The Morgan fingerprint density at radius 3 is 2.67 bits per heavy atom. The largest absolute Gasteiger partial charge is 0.283 e. The Bertz CT molecular complexity index is 77.6. The molecule has 0 N–H and O–H groups in total. The first-order valence-electron chi connectivity index (χ1n) is 2.08. The zero-order chi connectivity index (χ0) is 4.41. The summed E-state index contributed by atoms with van der Waals surface area (Å²) in [7, 11) is 0. The number of aliphatic imine (C=N–C) groups is 1. The zero-order valence-electron chi connectivity index (χ0n) is 3.45. The second-order valence-corrected chi connectivity index (χ2v) is 2.61. The Kier molecular flexibility index (Phi) is 1.45. The molecule has 0 spiro atoms. The summed E-state index contributed by atoms with van der Waals surface area (Å²) in [4.78, 5) is 4.14. The molecular weight excluding hydrogens is 189 g/mol. The minimum Gasteiger partial charge on any atom is -0.283 e. The summed E-state index contributed by atoms with van der Waals surface area (Å²) < 4.78 is 1.30. The lowest BCUT2D eigenvalue weighted by Crippen LogP contribution is -1.70. The van der Waals surface area contributed by atoms with E-state index in [2.05, 4.69) is 27.6 Å². The first kappa shape index (κ1) is 4.56. The lowest BCUT2D eigenvalue weighted by molar-refractivity contribution is 0.952. The molecule has 0 unspecified atom stereocenters. The maximum Gasteiger partial charge on any atom is 0.0729 e. The van der Waals surface area contributed by atoms with Crippen LogP contribution in [0.5, 0.6) is 0 Å². The molecule has 0 saturated carbocycles. The maximum atomic E-state index is 4.14. The number of halogens is 1. The summed E-state index contributed by atoms with van der Waals surface area (Å²) in [5.74, 6) is 0. The van der Waals surface area contributed by atoms with Crippen molar-refractivity contribution < 1.29 is 0 Å². The molecule has 0 aromatic carbocycles. The number of rotatable bonds is 0. The third-order valence-corrected chi connectivity index (χ3v) is 1.71.